The number of para-hydroxylation sites is 1. The van der Waals surface area contributed by atoms with Gasteiger partial charge in [0, 0.05) is 31.7 Å². The van der Waals surface area contributed by atoms with Crippen LogP contribution in [0, 0.1) is 0 Å². The van der Waals surface area contributed by atoms with Gasteiger partial charge in [-0.2, -0.15) is 0 Å². The smallest absolute Gasteiger partial charge is 0.333 e. The Morgan fingerprint density at radius 3 is 2.57 bits per heavy atom. The van der Waals surface area contributed by atoms with Gasteiger partial charge in [-0.25, -0.2) is 9.78 Å². The van der Waals surface area contributed by atoms with E-state index in [2.05, 4.69) is 4.98 Å². The number of fused-ring (bicyclic) bond motifs is 1. The van der Waals surface area contributed by atoms with Crippen molar-refractivity contribution in [3.05, 3.63) is 77.3 Å². The van der Waals surface area contributed by atoms with Crippen LogP contribution in [0.4, 0.5) is 5.82 Å². The van der Waals surface area contributed by atoms with Gasteiger partial charge in [-0.1, -0.05) is 18.2 Å². The minimum atomic E-state index is -0.252. The Balaban J connectivity index is 1.51. The molecule has 3 N–H and O–H groups in total. The molecule has 1 atom stereocenters. The molecule has 0 saturated carbocycles. The van der Waals surface area contributed by atoms with Crippen LogP contribution in [-0.4, -0.2) is 49.2 Å². The minimum Gasteiger partial charge on any atom is -0.457 e. The van der Waals surface area contributed by atoms with Gasteiger partial charge in [0.15, 0.2) is 0 Å². The van der Waals surface area contributed by atoms with E-state index in [4.69, 9.17) is 10.5 Å². The molecule has 5 rings (SSSR count). The SMILES string of the molecule is Nc1nccc2c1n(-c1ccc(Oc3ccccc3)cc1)c(=O)n2C[C@H]1CCCN1C(=O)CCO. The van der Waals surface area contributed by atoms with E-state index < -0.39 is 0 Å². The number of ether oxygens (including phenoxy) is 1. The fourth-order valence-electron chi connectivity index (χ4n) is 4.73. The molecule has 9 nitrogen and oxygen atoms in total. The Labute approximate surface area is 202 Å². The Morgan fingerprint density at radius 1 is 1.09 bits per heavy atom. The molecule has 35 heavy (non-hydrogen) atoms. The zero-order valence-corrected chi connectivity index (χ0v) is 19.2. The van der Waals surface area contributed by atoms with Crippen LogP contribution in [0.3, 0.4) is 0 Å². The number of pyridine rings is 1. The van der Waals surface area contributed by atoms with Crippen molar-refractivity contribution in [1.82, 2.24) is 19.0 Å². The summed E-state index contributed by atoms with van der Waals surface area (Å²) >= 11 is 0. The van der Waals surface area contributed by atoms with Crippen molar-refractivity contribution in [2.24, 2.45) is 0 Å². The average molecular weight is 474 g/mol. The van der Waals surface area contributed by atoms with Crippen molar-refractivity contribution >= 4 is 22.8 Å². The predicted molar refractivity (Wildman–Crippen MR) is 133 cm³/mol. The van der Waals surface area contributed by atoms with Crippen LogP contribution in [-0.2, 0) is 11.3 Å². The lowest BCUT2D eigenvalue weighted by atomic mass is 10.2. The number of aliphatic hydroxyl groups excluding tert-OH is 1. The highest BCUT2D eigenvalue weighted by atomic mass is 16.5. The highest BCUT2D eigenvalue weighted by Gasteiger charge is 2.30. The predicted octanol–water partition coefficient (Wildman–Crippen LogP) is 2.94. The van der Waals surface area contributed by atoms with Gasteiger partial charge in [0.2, 0.25) is 5.91 Å². The summed E-state index contributed by atoms with van der Waals surface area (Å²) in [5, 5.41) is 9.18. The largest absolute Gasteiger partial charge is 0.457 e. The molecule has 1 fully saturated rings. The maximum atomic E-state index is 13.7. The topological polar surface area (TPSA) is 116 Å². The maximum absolute atomic E-state index is 13.7. The van der Waals surface area contributed by atoms with Crippen LogP contribution in [0.1, 0.15) is 19.3 Å². The fourth-order valence-corrected chi connectivity index (χ4v) is 4.73. The lowest BCUT2D eigenvalue weighted by Crippen LogP contribution is -2.40. The molecule has 9 heteroatoms. The molecule has 4 aromatic rings. The number of nitrogens with zero attached hydrogens (tertiary/aromatic N) is 4. The van der Waals surface area contributed by atoms with Gasteiger partial charge in [0.1, 0.15) is 22.8 Å². The molecule has 1 saturated heterocycles. The van der Waals surface area contributed by atoms with E-state index in [0.717, 1.165) is 18.6 Å². The van der Waals surface area contributed by atoms with Gasteiger partial charge in [-0.15, -0.1) is 0 Å². The summed E-state index contributed by atoms with van der Waals surface area (Å²) in [7, 11) is 0. The first kappa shape index (κ1) is 22.7. The Bertz CT molecular complexity index is 1400. The molecule has 1 aliphatic rings. The number of carbonyl (C=O) groups is 1. The number of nitrogen functional groups attached to an aromatic ring is 1. The van der Waals surface area contributed by atoms with E-state index in [9.17, 15) is 14.7 Å². The van der Waals surface area contributed by atoms with Crippen LogP contribution in [0.15, 0.2) is 71.7 Å². The lowest BCUT2D eigenvalue weighted by molar-refractivity contribution is -0.132. The maximum Gasteiger partial charge on any atom is 0.333 e. The van der Waals surface area contributed by atoms with Crippen molar-refractivity contribution in [1.29, 1.82) is 0 Å². The second kappa shape index (κ2) is 9.63. The third-order valence-electron chi connectivity index (χ3n) is 6.36. The summed E-state index contributed by atoms with van der Waals surface area (Å²) in [5.74, 6) is 1.52. The van der Waals surface area contributed by atoms with Gasteiger partial charge in [0.25, 0.3) is 0 Å². The summed E-state index contributed by atoms with van der Waals surface area (Å²) in [4.78, 5) is 32.1. The van der Waals surface area contributed by atoms with Crippen molar-refractivity contribution in [3.63, 3.8) is 0 Å². The van der Waals surface area contributed by atoms with Gasteiger partial charge in [-0.3, -0.25) is 13.9 Å². The van der Waals surface area contributed by atoms with Crippen LogP contribution in [0.2, 0.25) is 0 Å². The molecule has 0 radical (unpaired) electrons. The molecule has 2 aromatic heterocycles. The molecule has 3 heterocycles. The third-order valence-corrected chi connectivity index (χ3v) is 6.36. The first-order valence-electron chi connectivity index (χ1n) is 11.7. The number of aliphatic hydroxyl groups is 1. The van der Waals surface area contributed by atoms with Crippen molar-refractivity contribution in [2.75, 3.05) is 18.9 Å². The second-order valence-corrected chi connectivity index (χ2v) is 8.56. The monoisotopic (exact) mass is 473 g/mol. The van der Waals surface area contributed by atoms with E-state index in [1.807, 2.05) is 42.5 Å². The van der Waals surface area contributed by atoms with Crippen LogP contribution in [0.25, 0.3) is 16.7 Å². The van der Waals surface area contributed by atoms with Crippen LogP contribution in [0.5, 0.6) is 11.5 Å². The van der Waals surface area contributed by atoms with Crippen molar-refractivity contribution in [2.45, 2.75) is 31.8 Å². The fraction of sp³-hybridized carbons (Fsp3) is 0.269. The molecule has 0 spiro atoms. The number of likely N-dealkylation sites (tertiary alicyclic amines) is 1. The summed E-state index contributed by atoms with van der Waals surface area (Å²) in [5.41, 5.74) is 7.81. The summed E-state index contributed by atoms with van der Waals surface area (Å²) in [6, 6.07) is 18.3. The standard InChI is InChI=1S/C26H27N5O4/c27-25-24-22(12-14-28-25)30(17-19-5-4-15-29(19)23(33)13-16-32)26(34)31(24)18-8-10-21(11-9-18)35-20-6-2-1-3-7-20/h1-3,6-12,14,19,32H,4-5,13,15-17H2,(H2,27,28)/t19-/m1/s1. The number of hydrogen-bond donors (Lipinski definition) is 2. The zero-order valence-electron chi connectivity index (χ0n) is 19.2. The quantitative estimate of drug-likeness (QED) is 0.426. The summed E-state index contributed by atoms with van der Waals surface area (Å²) in [6.45, 7) is 0.787. The molecular formula is C26H27N5O4. The van der Waals surface area contributed by atoms with Crippen molar-refractivity contribution < 1.29 is 14.6 Å². The van der Waals surface area contributed by atoms with E-state index in [1.165, 1.54) is 0 Å². The molecular weight excluding hydrogens is 446 g/mol. The van der Waals surface area contributed by atoms with E-state index >= 15 is 0 Å². The summed E-state index contributed by atoms with van der Waals surface area (Å²) < 4.78 is 9.09. The number of benzene rings is 2. The van der Waals surface area contributed by atoms with Crippen LogP contribution < -0.4 is 16.2 Å². The van der Waals surface area contributed by atoms with E-state index in [-0.39, 0.29) is 36.5 Å². The molecule has 0 aliphatic carbocycles. The molecule has 1 amide bonds. The Hall–Kier alpha value is -4.11. The molecule has 0 bridgehead atoms. The van der Waals surface area contributed by atoms with E-state index in [1.54, 1.807) is 38.4 Å². The normalized spacial score (nSPS) is 15.6. The van der Waals surface area contributed by atoms with E-state index in [0.29, 0.717) is 35.6 Å². The molecule has 180 valence electrons. The number of carbonyl (C=O) groups excluding carboxylic acids is 1. The molecule has 0 unspecified atom stereocenters. The number of aromatic nitrogens is 3. The molecule has 2 aromatic carbocycles. The van der Waals surface area contributed by atoms with Gasteiger partial charge < -0.3 is 20.5 Å². The highest BCUT2D eigenvalue weighted by Crippen LogP contribution is 2.27. The van der Waals surface area contributed by atoms with Gasteiger partial charge >= 0.3 is 5.69 Å². The molecule has 1 aliphatic heterocycles. The lowest BCUT2D eigenvalue weighted by Gasteiger charge is -2.24. The second-order valence-electron chi connectivity index (χ2n) is 8.56. The first-order chi connectivity index (χ1) is 17.1. The highest BCUT2D eigenvalue weighted by molar-refractivity contribution is 5.87. The number of rotatable bonds is 7. The van der Waals surface area contributed by atoms with Gasteiger partial charge in [0.05, 0.1) is 17.8 Å². The number of anilines is 1. The Morgan fingerprint density at radius 2 is 1.83 bits per heavy atom. The summed E-state index contributed by atoms with van der Waals surface area (Å²) in [6.07, 6.45) is 3.32. The average Bonchev–Trinajstić information content (AvgIpc) is 3.44. The zero-order chi connectivity index (χ0) is 24.4. The Kier molecular flexibility index (Phi) is 6.24. The number of amides is 1. The minimum absolute atomic E-state index is 0.0847. The number of imidazole rings is 1. The number of hydrogen-bond acceptors (Lipinski definition) is 6. The van der Waals surface area contributed by atoms with Crippen molar-refractivity contribution in [3.8, 4) is 17.2 Å². The van der Waals surface area contributed by atoms with Crippen LogP contribution >= 0.6 is 0 Å². The van der Waals surface area contributed by atoms with Gasteiger partial charge in [-0.05, 0) is 55.3 Å². The third kappa shape index (κ3) is 4.38. The first-order valence-corrected chi connectivity index (χ1v) is 11.7. The number of nitrogens with two attached hydrogens (primary N) is 1.